The van der Waals surface area contributed by atoms with Gasteiger partial charge in [0.25, 0.3) is 5.91 Å². The Morgan fingerprint density at radius 1 is 0.808 bits per heavy atom. The fraction of sp³-hybridized carbons (Fsp3) is 0.364. The van der Waals surface area contributed by atoms with Crippen LogP contribution in [0.15, 0.2) is 114 Å². The highest BCUT2D eigenvalue weighted by molar-refractivity contribution is 8.76. The van der Waals surface area contributed by atoms with E-state index in [1.54, 1.807) is 56.8 Å². The van der Waals surface area contributed by atoms with E-state index in [1.807, 2.05) is 48.5 Å². The van der Waals surface area contributed by atoms with Gasteiger partial charge in [-0.15, -0.1) is 0 Å². The number of benzene rings is 4. The van der Waals surface area contributed by atoms with Crippen molar-refractivity contribution in [2.24, 2.45) is 0 Å². The summed E-state index contributed by atoms with van der Waals surface area (Å²) in [4.78, 5) is 57.1. The number of carbonyl (C=O) groups excluding carboxylic acids is 2. The first-order chi connectivity index (χ1) is 35.7. The van der Waals surface area contributed by atoms with Crippen LogP contribution in [0.5, 0.6) is 17.2 Å². The van der Waals surface area contributed by atoms with Crippen molar-refractivity contribution in [2.75, 3.05) is 89.6 Å². The molecule has 2 atom stereocenters. The number of nitrogen functional groups attached to an aromatic ring is 1. The molecule has 2 amide bonds. The Hall–Kier alpha value is -6.73. The largest absolute Gasteiger partial charge is 0.494 e. The molecule has 10 rings (SSSR count). The number of hydrogen-bond acceptors (Lipinski definition) is 14. The minimum Gasteiger partial charge on any atom is -0.494 e. The SMILES string of the molecule is C=C1C[C@@H](C2OCCN2C(=O)CCCSSc2ccccn2)N(C(=O)c2cc(OC)c(OCCCCCOc3ccc(-c4nc5ccc(-c6nc7cc(N8CCN(C)CC8)ccc7[nH]6)cc5[nH]4)cc3)cc2N)C1. The number of hydrogen-bond donors (Lipinski definition) is 3. The highest BCUT2D eigenvalue weighted by atomic mass is 33.1. The number of pyridine rings is 1. The van der Waals surface area contributed by atoms with Crippen molar-refractivity contribution >= 4 is 66.8 Å². The molecule has 18 heteroatoms. The lowest BCUT2D eigenvalue weighted by molar-refractivity contribution is -0.138. The Labute approximate surface area is 433 Å². The minimum atomic E-state index is -0.565. The van der Waals surface area contributed by atoms with Crippen LogP contribution in [-0.4, -0.2) is 143 Å². The summed E-state index contributed by atoms with van der Waals surface area (Å²) in [6.45, 7) is 10.6. The molecule has 0 radical (unpaired) electrons. The second kappa shape index (κ2) is 23.0. The lowest BCUT2D eigenvalue weighted by Crippen LogP contribution is -2.50. The van der Waals surface area contributed by atoms with E-state index in [0.717, 1.165) is 119 Å². The van der Waals surface area contributed by atoms with Crippen molar-refractivity contribution in [1.82, 2.24) is 39.6 Å². The van der Waals surface area contributed by atoms with E-state index in [2.05, 4.69) is 68.7 Å². The Morgan fingerprint density at radius 3 is 2.40 bits per heavy atom. The van der Waals surface area contributed by atoms with Gasteiger partial charge in [-0.1, -0.05) is 29.0 Å². The van der Waals surface area contributed by atoms with Gasteiger partial charge in [0, 0.05) is 86.2 Å². The number of piperazine rings is 1. The van der Waals surface area contributed by atoms with Gasteiger partial charge < -0.3 is 54.2 Å². The van der Waals surface area contributed by atoms with Crippen LogP contribution in [0, 0.1) is 0 Å². The third kappa shape index (κ3) is 11.7. The van der Waals surface area contributed by atoms with Crippen LogP contribution in [0.4, 0.5) is 11.4 Å². The number of carbonyl (C=O) groups is 2. The van der Waals surface area contributed by atoms with Crippen molar-refractivity contribution < 1.29 is 28.5 Å². The second-order valence-corrected chi connectivity index (χ2v) is 21.2. The van der Waals surface area contributed by atoms with Crippen molar-refractivity contribution in [3.8, 4) is 40.0 Å². The van der Waals surface area contributed by atoms with Gasteiger partial charge >= 0.3 is 0 Å². The van der Waals surface area contributed by atoms with Gasteiger partial charge in [-0.2, -0.15) is 0 Å². The molecule has 3 aromatic heterocycles. The quantitative estimate of drug-likeness (QED) is 0.0285. The molecule has 3 aliphatic heterocycles. The van der Waals surface area contributed by atoms with Crippen LogP contribution in [0.2, 0.25) is 0 Å². The smallest absolute Gasteiger partial charge is 0.256 e. The number of H-pyrrole nitrogens is 2. The summed E-state index contributed by atoms with van der Waals surface area (Å²) in [5.74, 6) is 3.84. The number of nitrogens with two attached hydrogens (primary N) is 1. The topological polar surface area (TPSA) is 180 Å². The first kappa shape index (κ1) is 49.8. The first-order valence-corrected chi connectivity index (χ1v) is 27.4. The normalized spacial score (nSPS) is 17.3. The third-order valence-corrected chi connectivity index (χ3v) is 16.0. The highest BCUT2D eigenvalue weighted by Gasteiger charge is 2.44. The summed E-state index contributed by atoms with van der Waals surface area (Å²) in [5, 5.41) is 0.943. The van der Waals surface area contributed by atoms with Gasteiger partial charge in [-0.3, -0.25) is 9.59 Å². The summed E-state index contributed by atoms with van der Waals surface area (Å²) in [7, 11) is 7.00. The summed E-state index contributed by atoms with van der Waals surface area (Å²) < 4.78 is 24.1. The molecule has 0 bridgehead atoms. The van der Waals surface area contributed by atoms with Crippen molar-refractivity contribution in [2.45, 2.75) is 55.8 Å². The molecule has 0 spiro atoms. The Bertz CT molecular complexity index is 3050. The number of likely N-dealkylation sites (N-methyl/N-ethyl adjacent to an activating group) is 1. The standard InChI is InChI=1S/C55H62N10O6S2/c1-36-30-47(55-64(25-28-71-55)51(66)11-9-29-72-73-50-10-5-6-20-57-50)65(35-36)54(67)41-33-48(68-3)49(34-42(41)56)70-27-8-4-7-26-69-40-16-12-37(13-17-40)52-58-43-18-14-38(31-45(43)60-52)53-59-44-19-15-39(32-46(44)61-53)63-23-21-62(2)22-24-63/h5-6,10,12-20,31-34,47,55H,1,4,7-9,11,21-30,35,56H2,2-3H3,(H,58,60)(H,59,61)/t47-,55?/m0/s1. The second-order valence-electron chi connectivity index (χ2n) is 18.7. The van der Waals surface area contributed by atoms with E-state index in [4.69, 9.17) is 34.6 Å². The number of aromatic nitrogens is 5. The molecule has 16 nitrogen and oxygen atoms in total. The molecule has 6 heterocycles. The number of ether oxygens (including phenoxy) is 4. The van der Waals surface area contributed by atoms with Crippen molar-refractivity contribution in [1.29, 1.82) is 0 Å². The maximum Gasteiger partial charge on any atom is 0.256 e. The van der Waals surface area contributed by atoms with Gasteiger partial charge in [0.05, 0.1) is 60.6 Å². The molecule has 3 fully saturated rings. The molecule has 1 unspecified atom stereocenters. The third-order valence-electron chi connectivity index (χ3n) is 13.6. The van der Waals surface area contributed by atoms with E-state index in [-0.39, 0.29) is 23.5 Å². The van der Waals surface area contributed by atoms with Crippen LogP contribution in [0.25, 0.3) is 44.8 Å². The fourth-order valence-electron chi connectivity index (χ4n) is 9.64. The van der Waals surface area contributed by atoms with E-state index in [0.29, 0.717) is 62.8 Å². The molecule has 3 saturated heterocycles. The number of fused-ring (bicyclic) bond motifs is 2. The zero-order valence-electron chi connectivity index (χ0n) is 41.4. The highest BCUT2D eigenvalue weighted by Crippen LogP contribution is 2.37. The van der Waals surface area contributed by atoms with E-state index in [1.165, 1.54) is 5.69 Å². The molecule has 380 valence electrons. The van der Waals surface area contributed by atoms with Crippen LogP contribution in [0.3, 0.4) is 0 Å². The van der Waals surface area contributed by atoms with Gasteiger partial charge in [-0.25, -0.2) is 15.0 Å². The summed E-state index contributed by atoms with van der Waals surface area (Å²) in [6, 6.07) is 29.4. The van der Waals surface area contributed by atoms with E-state index >= 15 is 0 Å². The summed E-state index contributed by atoms with van der Waals surface area (Å²) in [5.41, 5.74) is 15.0. The van der Waals surface area contributed by atoms with E-state index in [9.17, 15) is 9.59 Å². The van der Waals surface area contributed by atoms with Gasteiger partial charge in [-0.05, 0) is 129 Å². The zero-order valence-corrected chi connectivity index (χ0v) is 43.0. The lowest BCUT2D eigenvalue weighted by atomic mass is 10.1. The maximum absolute atomic E-state index is 14.2. The number of nitrogens with zero attached hydrogens (tertiary/aromatic N) is 7. The average Bonchev–Trinajstić information content (AvgIpc) is 4.24. The Morgan fingerprint density at radius 2 is 1.59 bits per heavy atom. The predicted molar refractivity (Wildman–Crippen MR) is 290 cm³/mol. The fourth-order valence-corrected chi connectivity index (χ4v) is 11.6. The maximum atomic E-state index is 14.2. The number of nitrogens with one attached hydrogen (secondary N) is 2. The number of methoxy groups -OCH3 is 1. The van der Waals surface area contributed by atoms with Gasteiger partial charge in [0.2, 0.25) is 5.91 Å². The number of likely N-dealkylation sites (tertiary alicyclic amines) is 1. The number of unbranched alkanes of at least 4 members (excludes halogenated alkanes) is 2. The molecular weight excluding hydrogens is 961 g/mol. The summed E-state index contributed by atoms with van der Waals surface area (Å²) in [6.07, 6.45) is 5.36. The van der Waals surface area contributed by atoms with Gasteiger partial charge in [0.15, 0.2) is 17.7 Å². The molecule has 3 aliphatic rings. The minimum absolute atomic E-state index is 0.0162. The van der Waals surface area contributed by atoms with Crippen LogP contribution in [0.1, 0.15) is 48.9 Å². The van der Waals surface area contributed by atoms with Crippen LogP contribution in [-0.2, 0) is 9.53 Å². The molecule has 4 aromatic carbocycles. The van der Waals surface area contributed by atoms with Gasteiger partial charge in [0.1, 0.15) is 22.4 Å². The molecule has 0 saturated carbocycles. The molecule has 7 aromatic rings. The molecule has 4 N–H and O–H groups in total. The van der Waals surface area contributed by atoms with Crippen molar-refractivity contribution in [3.05, 3.63) is 115 Å². The first-order valence-electron chi connectivity index (χ1n) is 25.0. The average molecular weight is 1020 g/mol. The molecule has 0 aliphatic carbocycles. The van der Waals surface area contributed by atoms with Crippen LogP contribution < -0.4 is 24.8 Å². The van der Waals surface area contributed by atoms with Crippen LogP contribution >= 0.6 is 21.6 Å². The number of aromatic amines is 2. The molecule has 73 heavy (non-hydrogen) atoms. The Balaban J connectivity index is 0.669. The number of imidazole rings is 2. The van der Waals surface area contributed by atoms with Crippen molar-refractivity contribution in [3.63, 3.8) is 0 Å². The monoisotopic (exact) mass is 1020 g/mol. The Kier molecular flexibility index (Phi) is 15.7. The summed E-state index contributed by atoms with van der Waals surface area (Å²) >= 11 is 0. The number of amides is 2. The molecular formula is C55H62N10O6S2. The predicted octanol–water partition coefficient (Wildman–Crippen LogP) is 9.32. The lowest BCUT2D eigenvalue weighted by Gasteiger charge is -2.34. The zero-order chi connectivity index (χ0) is 50.3. The number of anilines is 2. The number of rotatable bonds is 20. The van der Waals surface area contributed by atoms with E-state index < -0.39 is 6.23 Å².